The molecule has 1 aromatic carbocycles. The van der Waals surface area contributed by atoms with Crippen LogP contribution in [0.5, 0.6) is 0 Å². The van der Waals surface area contributed by atoms with E-state index in [1.807, 2.05) is 18.2 Å². The molecule has 1 aromatic rings. The minimum Gasteiger partial charge on any atom is -0.467 e. The third-order valence-corrected chi connectivity index (χ3v) is 4.09. The Hall–Kier alpha value is -2.61. The van der Waals surface area contributed by atoms with Gasteiger partial charge < -0.3 is 25.4 Å². The van der Waals surface area contributed by atoms with Gasteiger partial charge in [-0.2, -0.15) is 0 Å². The zero-order valence-corrected chi connectivity index (χ0v) is 14.1. The first kappa shape index (κ1) is 18.7. The van der Waals surface area contributed by atoms with Gasteiger partial charge in [-0.05, 0) is 25.0 Å². The number of urea groups is 1. The summed E-state index contributed by atoms with van der Waals surface area (Å²) in [4.78, 5) is 37.7. The Morgan fingerprint density at radius 1 is 1.32 bits per heavy atom. The van der Waals surface area contributed by atoms with Crippen LogP contribution in [0.2, 0.25) is 0 Å². The molecule has 0 spiro atoms. The summed E-state index contributed by atoms with van der Waals surface area (Å²) in [6.07, 6.45) is 1.29. The van der Waals surface area contributed by atoms with Crippen molar-refractivity contribution >= 4 is 23.6 Å². The van der Waals surface area contributed by atoms with Gasteiger partial charge in [-0.25, -0.2) is 9.59 Å². The zero-order chi connectivity index (χ0) is 18.2. The van der Waals surface area contributed by atoms with E-state index in [0.717, 1.165) is 0 Å². The fourth-order valence-electron chi connectivity index (χ4n) is 2.71. The van der Waals surface area contributed by atoms with Crippen LogP contribution < -0.4 is 10.6 Å². The number of aliphatic hydroxyl groups is 1. The topological polar surface area (TPSA) is 108 Å². The maximum absolute atomic E-state index is 12.3. The number of piperidine rings is 1. The molecule has 0 bridgehead atoms. The van der Waals surface area contributed by atoms with E-state index in [4.69, 9.17) is 0 Å². The lowest BCUT2D eigenvalue weighted by Crippen LogP contribution is -2.51. The molecule has 1 fully saturated rings. The van der Waals surface area contributed by atoms with Gasteiger partial charge in [0.05, 0.1) is 19.6 Å². The van der Waals surface area contributed by atoms with Gasteiger partial charge >= 0.3 is 12.0 Å². The van der Waals surface area contributed by atoms with Crippen LogP contribution in [-0.4, -0.2) is 60.8 Å². The Balaban J connectivity index is 1.92. The van der Waals surface area contributed by atoms with Gasteiger partial charge in [-0.15, -0.1) is 0 Å². The van der Waals surface area contributed by atoms with Gasteiger partial charge in [0.2, 0.25) is 5.91 Å². The lowest BCUT2D eigenvalue weighted by Gasteiger charge is -2.32. The molecule has 3 amide bonds. The van der Waals surface area contributed by atoms with Crippen molar-refractivity contribution in [2.45, 2.75) is 18.9 Å². The third kappa shape index (κ3) is 5.18. The van der Waals surface area contributed by atoms with Crippen LogP contribution in [0, 0.1) is 5.92 Å². The molecular weight excluding hydrogens is 326 g/mol. The van der Waals surface area contributed by atoms with E-state index in [1.165, 1.54) is 7.11 Å². The van der Waals surface area contributed by atoms with Crippen LogP contribution in [0.15, 0.2) is 30.3 Å². The van der Waals surface area contributed by atoms with Crippen LogP contribution in [0.25, 0.3) is 0 Å². The summed E-state index contributed by atoms with van der Waals surface area (Å²) >= 11 is 0. The van der Waals surface area contributed by atoms with E-state index in [2.05, 4.69) is 15.4 Å². The van der Waals surface area contributed by atoms with Crippen LogP contribution in [0.4, 0.5) is 10.5 Å². The summed E-state index contributed by atoms with van der Waals surface area (Å²) in [6, 6.07) is 7.72. The predicted molar refractivity (Wildman–Crippen MR) is 90.8 cm³/mol. The molecule has 136 valence electrons. The number of esters is 1. The molecule has 25 heavy (non-hydrogen) atoms. The number of nitrogens with one attached hydrogen (secondary N) is 2. The Labute approximate surface area is 146 Å². The van der Waals surface area contributed by atoms with Crippen molar-refractivity contribution in [1.82, 2.24) is 10.2 Å². The number of aliphatic hydroxyl groups excluding tert-OH is 1. The molecule has 2 rings (SSSR count). The lowest BCUT2D eigenvalue weighted by molar-refractivity contribution is -0.147. The van der Waals surface area contributed by atoms with Crippen LogP contribution in [0.1, 0.15) is 12.8 Å². The second kappa shape index (κ2) is 9.03. The maximum atomic E-state index is 12.3. The Kier molecular flexibility index (Phi) is 6.76. The SMILES string of the molecule is COC(=O)[C@H](CO)NC(=O)[C@H]1CCCN(C(=O)Nc2ccccc2)C1. The van der Waals surface area contributed by atoms with E-state index >= 15 is 0 Å². The number of amides is 3. The maximum Gasteiger partial charge on any atom is 0.330 e. The largest absolute Gasteiger partial charge is 0.467 e. The van der Waals surface area contributed by atoms with Crippen molar-refractivity contribution in [3.05, 3.63) is 30.3 Å². The third-order valence-electron chi connectivity index (χ3n) is 4.09. The first-order chi connectivity index (χ1) is 12.0. The second-order valence-electron chi connectivity index (χ2n) is 5.85. The number of carbonyl (C=O) groups is 3. The van der Waals surface area contributed by atoms with Gasteiger partial charge in [0.15, 0.2) is 6.04 Å². The normalized spacial score (nSPS) is 18.2. The Morgan fingerprint density at radius 3 is 2.68 bits per heavy atom. The molecule has 0 saturated carbocycles. The number of hydrogen-bond donors (Lipinski definition) is 3. The molecule has 2 atom stereocenters. The number of likely N-dealkylation sites (tertiary alicyclic amines) is 1. The van der Waals surface area contributed by atoms with Crippen molar-refractivity contribution in [2.24, 2.45) is 5.92 Å². The molecule has 0 aromatic heterocycles. The number of rotatable bonds is 5. The van der Waals surface area contributed by atoms with Crippen LogP contribution >= 0.6 is 0 Å². The van der Waals surface area contributed by atoms with Crippen molar-refractivity contribution in [2.75, 3.05) is 32.1 Å². The number of para-hydroxylation sites is 1. The summed E-state index contributed by atoms with van der Waals surface area (Å²) in [5.74, 6) is -1.51. The first-order valence-corrected chi connectivity index (χ1v) is 8.15. The number of anilines is 1. The molecule has 1 aliphatic rings. The smallest absolute Gasteiger partial charge is 0.330 e. The number of methoxy groups -OCH3 is 1. The Morgan fingerprint density at radius 2 is 2.04 bits per heavy atom. The number of ether oxygens (including phenoxy) is 1. The van der Waals surface area contributed by atoms with Crippen molar-refractivity contribution < 1.29 is 24.2 Å². The predicted octanol–water partition coefficient (Wildman–Crippen LogP) is 0.581. The summed E-state index contributed by atoms with van der Waals surface area (Å²) in [6.45, 7) is 0.274. The molecule has 0 radical (unpaired) electrons. The fraction of sp³-hybridized carbons (Fsp3) is 0.471. The van der Waals surface area contributed by atoms with Gasteiger partial charge in [0.25, 0.3) is 0 Å². The summed E-state index contributed by atoms with van der Waals surface area (Å²) in [5, 5.41) is 14.5. The van der Waals surface area contributed by atoms with E-state index in [1.54, 1.807) is 17.0 Å². The molecule has 8 heteroatoms. The molecular formula is C17H23N3O5. The van der Waals surface area contributed by atoms with E-state index in [-0.39, 0.29) is 18.5 Å². The zero-order valence-electron chi connectivity index (χ0n) is 14.1. The molecule has 0 aliphatic carbocycles. The highest BCUT2D eigenvalue weighted by Gasteiger charge is 2.31. The Bertz CT molecular complexity index is 608. The van der Waals surface area contributed by atoms with Gasteiger partial charge in [-0.3, -0.25) is 4.79 Å². The van der Waals surface area contributed by atoms with Gasteiger partial charge in [0.1, 0.15) is 0 Å². The quantitative estimate of drug-likeness (QED) is 0.674. The van der Waals surface area contributed by atoms with E-state index < -0.39 is 24.5 Å². The number of hydrogen-bond acceptors (Lipinski definition) is 5. The van der Waals surface area contributed by atoms with Crippen LogP contribution in [-0.2, 0) is 14.3 Å². The lowest BCUT2D eigenvalue weighted by atomic mass is 9.97. The van der Waals surface area contributed by atoms with E-state index in [9.17, 15) is 19.5 Å². The molecule has 1 aliphatic heterocycles. The highest BCUT2D eigenvalue weighted by atomic mass is 16.5. The average molecular weight is 349 g/mol. The summed E-state index contributed by atoms with van der Waals surface area (Å²) in [7, 11) is 1.19. The minimum atomic E-state index is -1.09. The molecule has 1 heterocycles. The average Bonchev–Trinajstić information content (AvgIpc) is 2.66. The fourth-order valence-corrected chi connectivity index (χ4v) is 2.71. The molecule has 1 saturated heterocycles. The van der Waals surface area contributed by atoms with Crippen molar-refractivity contribution in [3.8, 4) is 0 Å². The van der Waals surface area contributed by atoms with Crippen molar-refractivity contribution in [3.63, 3.8) is 0 Å². The van der Waals surface area contributed by atoms with Gasteiger partial charge in [0, 0.05) is 18.8 Å². The van der Waals surface area contributed by atoms with Crippen LogP contribution in [0.3, 0.4) is 0 Å². The molecule has 8 nitrogen and oxygen atoms in total. The molecule has 0 unspecified atom stereocenters. The monoisotopic (exact) mass is 349 g/mol. The standard InChI is InChI=1S/C17H23N3O5/c1-25-16(23)14(11-21)19-15(22)12-6-5-9-20(10-12)17(24)18-13-7-3-2-4-8-13/h2-4,7-8,12,14,21H,5-6,9-11H2,1H3,(H,18,24)(H,19,22)/t12-,14-/m0/s1. The molecule has 3 N–H and O–H groups in total. The number of benzene rings is 1. The highest BCUT2D eigenvalue weighted by molar-refractivity contribution is 5.90. The first-order valence-electron chi connectivity index (χ1n) is 8.15. The van der Waals surface area contributed by atoms with Crippen molar-refractivity contribution in [1.29, 1.82) is 0 Å². The number of nitrogens with zero attached hydrogens (tertiary/aromatic N) is 1. The number of carbonyl (C=O) groups excluding carboxylic acids is 3. The van der Waals surface area contributed by atoms with E-state index in [0.29, 0.717) is 25.1 Å². The minimum absolute atomic E-state index is 0.254. The summed E-state index contributed by atoms with van der Waals surface area (Å²) < 4.78 is 4.53. The highest BCUT2D eigenvalue weighted by Crippen LogP contribution is 2.18. The van der Waals surface area contributed by atoms with Gasteiger partial charge in [-0.1, -0.05) is 18.2 Å². The summed E-state index contributed by atoms with van der Waals surface area (Å²) in [5.41, 5.74) is 0.685. The second-order valence-corrected chi connectivity index (χ2v) is 5.85.